The lowest BCUT2D eigenvalue weighted by Gasteiger charge is -2.12. The van der Waals surface area contributed by atoms with Crippen LogP contribution in [0.3, 0.4) is 0 Å². The van der Waals surface area contributed by atoms with E-state index in [1.165, 1.54) is 0 Å². The first-order valence-corrected chi connectivity index (χ1v) is 5.86. The first kappa shape index (κ1) is 8.14. The summed E-state index contributed by atoms with van der Waals surface area (Å²) >= 11 is 0. The van der Waals surface area contributed by atoms with Crippen molar-refractivity contribution in [2.75, 3.05) is 0 Å². The Bertz CT molecular complexity index is 58.4. The van der Waals surface area contributed by atoms with Crippen molar-refractivity contribution in [3.63, 3.8) is 0 Å². The molecular formula is C5H15NOSi. The van der Waals surface area contributed by atoms with E-state index in [1.54, 1.807) is 0 Å². The summed E-state index contributed by atoms with van der Waals surface area (Å²) in [5, 5.41) is 0. The molecule has 0 radical (unpaired) electrons. The van der Waals surface area contributed by atoms with E-state index >= 15 is 0 Å². The molecule has 0 rings (SSSR count). The summed E-state index contributed by atoms with van der Waals surface area (Å²) in [6, 6.07) is 0. The van der Waals surface area contributed by atoms with Crippen molar-refractivity contribution in [2.45, 2.75) is 32.7 Å². The van der Waals surface area contributed by atoms with Crippen LogP contribution in [0.1, 0.15) is 13.3 Å². The summed E-state index contributed by atoms with van der Waals surface area (Å²) in [7, 11) is -0.871. The van der Waals surface area contributed by atoms with Crippen LogP contribution < -0.4 is 5.73 Å². The highest BCUT2D eigenvalue weighted by atomic mass is 28.3. The van der Waals surface area contributed by atoms with Crippen LogP contribution in [0.2, 0.25) is 13.1 Å². The lowest BCUT2D eigenvalue weighted by molar-refractivity contribution is 0.208. The molecule has 0 aromatic heterocycles. The summed E-state index contributed by atoms with van der Waals surface area (Å²) in [6.45, 7) is 6.27. The molecule has 0 fully saturated rings. The Morgan fingerprint density at radius 1 is 1.62 bits per heavy atom. The monoisotopic (exact) mass is 133 g/mol. The lowest BCUT2D eigenvalue weighted by atomic mass is 10.5. The molecule has 3 heteroatoms. The molecule has 0 saturated heterocycles. The van der Waals surface area contributed by atoms with Crippen molar-refractivity contribution in [1.29, 1.82) is 0 Å². The Morgan fingerprint density at radius 3 is 2.25 bits per heavy atom. The second-order valence-corrected chi connectivity index (χ2v) is 4.50. The van der Waals surface area contributed by atoms with Gasteiger partial charge >= 0.3 is 0 Å². The molecule has 0 aliphatic heterocycles. The number of rotatable bonds is 3. The van der Waals surface area contributed by atoms with Gasteiger partial charge in [0.25, 0.3) is 0 Å². The lowest BCUT2D eigenvalue weighted by Crippen LogP contribution is -2.27. The Kier molecular flexibility index (Phi) is 4.13. The molecule has 2 N–H and O–H groups in total. The maximum absolute atomic E-state index is 5.49. The van der Waals surface area contributed by atoms with Crippen LogP contribution in [0.25, 0.3) is 0 Å². The summed E-state index contributed by atoms with van der Waals surface area (Å²) in [5.74, 6) is 0. The van der Waals surface area contributed by atoms with E-state index < -0.39 is 9.04 Å². The summed E-state index contributed by atoms with van der Waals surface area (Å²) in [4.78, 5) is 0. The predicted molar refractivity (Wildman–Crippen MR) is 38.2 cm³/mol. The SMILES string of the molecule is CCC(N)O[SiH](C)C. The van der Waals surface area contributed by atoms with Crippen molar-refractivity contribution in [1.82, 2.24) is 0 Å². The van der Waals surface area contributed by atoms with Gasteiger partial charge in [-0.15, -0.1) is 0 Å². The average Bonchev–Trinajstić information content (AvgIpc) is 1.65. The average molecular weight is 133 g/mol. The van der Waals surface area contributed by atoms with Crippen molar-refractivity contribution >= 4 is 9.04 Å². The third-order valence-electron chi connectivity index (χ3n) is 0.849. The van der Waals surface area contributed by atoms with Gasteiger partial charge in [0.05, 0.1) is 6.23 Å². The maximum atomic E-state index is 5.49. The van der Waals surface area contributed by atoms with Crippen LogP contribution in [-0.4, -0.2) is 15.3 Å². The molecule has 0 aliphatic rings. The third-order valence-corrected chi connectivity index (χ3v) is 1.74. The number of nitrogens with two attached hydrogens (primary N) is 1. The Hall–Kier alpha value is 0.137. The predicted octanol–water partition coefficient (Wildman–Crippen LogP) is 0.681. The van der Waals surface area contributed by atoms with Gasteiger partial charge < -0.3 is 10.2 Å². The molecule has 0 heterocycles. The molecule has 8 heavy (non-hydrogen) atoms. The first-order valence-electron chi connectivity index (χ1n) is 3.07. The van der Waals surface area contributed by atoms with Crippen molar-refractivity contribution < 1.29 is 4.43 Å². The van der Waals surface area contributed by atoms with Crippen LogP contribution in [0.4, 0.5) is 0 Å². The van der Waals surface area contributed by atoms with Gasteiger partial charge in [-0.05, 0) is 19.5 Å². The van der Waals surface area contributed by atoms with E-state index in [-0.39, 0.29) is 6.23 Å². The Balaban J connectivity index is 3.10. The van der Waals surface area contributed by atoms with Gasteiger partial charge in [-0.2, -0.15) is 0 Å². The Morgan fingerprint density at radius 2 is 2.12 bits per heavy atom. The largest absolute Gasteiger partial charge is 0.406 e. The van der Waals surface area contributed by atoms with Gasteiger partial charge in [0.2, 0.25) is 0 Å². The minimum Gasteiger partial charge on any atom is -0.406 e. The zero-order chi connectivity index (χ0) is 6.57. The van der Waals surface area contributed by atoms with Crippen LogP contribution >= 0.6 is 0 Å². The van der Waals surface area contributed by atoms with Gasteiger partial charge in [-0.1, -0.05) is 6.92 Å². The van der Waals surface area contributed by atoms with E-state index in [9.17, 15) is 0 Å². The molecule has 0 saturated carbocycles. The first-order chi connectivity index (χ1) is 3.66. The van der Waals surface area contributed by atoms with Gasteiger partial charge in [-0.25, -0.2) is 0 Å². The summed E-state index contributed by atoms with van der Waals surface area (Å²) in [5.41, 5.74) is 5.49. The van der Waals surface area contributed by atoms with E-state index in [4.69, 9.17) is 10.2 Å². The van der Waals surface area contributed by atoms with E-state index in [2.05, 4.69) is 13.1 Å². The molecular weight excluding hydrogens is 118 g/mol. The van der Waals surface area contributed by atoms with Crippen LogP contribution in [0, 0.1) is 0 Å². The normalized spacial score (nSPS) is 14.6. The summed E-state index contributed by atoms with van der Waals surface area (Å²) in [6.07, 6.45) is 0.909. The smallest absolute Gasteiger partial charge is 0.173 e. The molecule has 0 aliphatic carbocycles. The van der Waals surface area contributed by atoms with Crippen LogP contribution in [0.5, 0.6) is 0 Å². The highest BCUT2D eigenvalue weighted by Crippen LogP contribution is 1.91. The molecule has 2 nitrogen and oxygen atoms in total. The molecule has 0 spiro atoms. The van der Waals surface area contributed by atoms with E-state index in [0.29, 0.717) is 0 Å². The molecule has 50 valence electrons. The minimum absolute atomic E-state index is 0.0123. The fourth-order valence-electron chi connectivity index (χ4n) is 0.446. The molecule has 0 aromatic carbocycles. The van der Waals surface area contributed by atoms with Gasteiger partial charge in [-0.3, -0.25) is 0 Å². The fourth-order valence-corrected chi connectivity index (χ4v) is 1.34. The molecule has 0 aromatic rings. The number of hydrogen-bond acceptors (Lipinski definition) is 2. The molecule has 0 bridgehead atoms. The second-order valence-electron chi connectivity index (χ2n) is 2.13. The second kappa shape index (κ2) is 4.06. The quantitative estimate of drug-likeness (QED) is 0.454. The standard InChI is InChI=1S/C5H15NOSi/c1-4-5(6)7-8(2)3/h5,8H,4,6H2,1-3H3. The fraction of sp³-hybridized carbons (Fsp3) is 1.00. The van der Waals surface area contributed by atoms with Crippen LogP contribution in [0.15, 0.2) is 0 Å². The van der Waals surface area contributed by atoms with Gasteiger partial charge in [0.15, 0.2) is 9.04 Å². The van der Waals surface area contributed by atoms with Gasteiger partial charge in [0, 0.05) is 0 Å². The van der Waals surface area contributed by atoms with E-state index in [1.807, 2.05) is 6.92 Å². The van der Waals surface area contributed by atoms with E-state index in [0.717, 1.165) is 6.42 Å². The summed E-state index contributed by atoms with van der Waals surface area (Å²) < 4.78 is 5.32. The van der Waals surface area contributed by atoms with Gasteiger partial charge in [0.1, 0.15) is 0 Å². The highest BCUT2D eigenvalue weighted by Gasteiger charge is 2.00. The number of hydrogen-bond donors (Lipinski definition) is 1. The molecule has 1 atom stereocenters. The zero-order valence-electron chi connectivity index (χ0n) is 5.85. The highest BCUT2D eigenvalue weighted by molar-refractivity contribution is 6.48. The molecule has 0 amide bonds. The topological polar surface area (TPSA) is 35.2 Å². The third kappa shape index (κ3) is 4.30. The van der Waals surface area contributed by atoms with Crippen molar-refractivity contribution in [3.05, 3.63) is 0 Å². The molecule has 1 unspecified atom stereocenters. The van der Waals surface area contributed by atoms with Crippen molar-refractivity contribution in [2.24, 2.45) is 5.73 Å². The maximum Gasteiger partial charge on any atom is 0.173 e. The minimum atomic E-state index is -0.871. The zero-order valence-corrected chi connectivity index (χ0v) is 7.00. The Labute approximate surface area is 52.8 Å². The van der Waals surface area contributed by atoms with Crippen LogP contribution in [-0.2, 0) is 4.43 Å². The van der Waals surface area contributed by atoms with Crippen molar-refractivity contribution in [3.8, 4) is 0 Å².